The molecule has 1 aliphatic heterocycles. The van der Waals surface area contributed by atoms with Gasteiger partial charge in [0, 0.05) is 12.6 Å². The van der Waals surface area contributed by atoms with E-state index in [-0.39, 0.29) is 11.9 Å². The fraction of sp³-hybridized carbons (Fsp3) is 0.571. The van der Waals surface area contributed by atoms with Gasteiger partial charge in [-0.15, -0.1) is 0 Å². The molecule has 1 atom stereocenters. The maximum Gasteiger partial charge on any atom is 0.325 e. The Morgan fingerprint density at radius 1 is 1.50 bits per heavy atom. The van der Waals surface area contributed by atoms with Crippen molar-refractivity contribution in [2.45, 2.75) is 37.8 Å². The third kappa shape index (κ3) is 2.31. The summed E-state index contributed by atoms with van der Waals surface area (Å²) in [5, 5.41) is 6.09. The first-order valence-corrected chi connectivity index (χ1v) is 7.03. The van der Waals surface area contributed by atoms with Crippen molar-refractivity contribution < 1.29 is 14.0 Å². The molecule has 3 amide bonds. The highest BCUT2D eigenvalue weighted by Gasteiger charge is 2.50. The Morgan fingerprint density at radius 2 is 2.30 bits per heavy atom. The van der Waals surface area contributed by atoms with Crippen LogP contribution in [0.3, 0.4) is 0 Å². The van der Waals surface area contributed by atoms with Crippen LogP contribution in [0.2, 0.25) is 0 Å². The Bertz CT molecular complexity index is 510. The van der Waals surface area contributed by atoms with Gasteiger partial charge >= 0.3 is 6.03 Å². The summed E-state index contributed by atoms with van der Waals surface area (Å²) < 4.78 is 5.28. The fourth-order valence-corrected chi connectivity index (χ4v) is 2.46. The molecule has 0 bridgehead atoms. The van der Waals surface area contributed by atoms with E-state index in [2.05, 4.69) is 10.6 Å². The molecule has 0 aromatic carbocycles. The highest BCUT2D eigenvalue weighted by Crippen LogP contribution is 2.29. The predicted octanol–water partition coefficient (Wildman–Crippen LogP) is 1.19. The van der Waals surface area contributed by atoms with Crippen LogP contribution in [0, 0.1) is 0 Å². The zero-order valence-corrected chi connectivity index (χ0v) is 11.5. The number of furan rings is 1. The van der Waals surface area contributed by atoms with E-state index in [0.717, 1.165) is 13.0 Å². The number of carbonyl (C=O) groups excluding carboxylic acids is 2. The molecule has 1 aliphatic carbocycles. The highest BCUT2D eigenvalue weighted by molar-refractivity contribution is 6.06. The minimum Gasteiger partial charge on any atom is -0.466 e. The Labute approximate surface area is 117 Å². The van der Waals surface area contributed by atoms with Gasteiger partial charge in [-0.3, -0.25) is 9.69 Å². The molecule has 2 heterocycles. The van der Waals surface area contributed by atoms with E-state index in [1.54, 1.807) is 19.1 Å². The minimum atomic E-state index is -1.08. The first kappa shape index (κ1) is 13.2. The Kier molecular flexibility index (Phi) is 3.25. The van der Waals surface area contributed by atoms with Gasteiger partial charge in [-0.25, -0.2) is 4.79 Å². The van der Waals surface area contributed by atoms with Gasteiger partial charge in [0.25, 0.3) is 5.91 Å². The molecule has 0 radical (unpaired) electrons. The van der Waals surface area contributed by atoms with Gasteiger partial charge < -0.3 is 15.1 Å². The molecule has 20 heavy (non-hydrogen) atoms. The van der Waals surface area contributed by atoms with E-state index in [4.69, 9.17) is 4.42 Å². The molecule has 108 valence electrons. The number of amides is 3. The van der Waals surface area contributed by atoms with Crippen LogP contribution in [0.15, 0.2) is 22.8 Å². The van der Waals surface area contributed by atoms with E-state index >= 15 is 0 Å². The predicted molar refractivity (Wildman–Crippen MR) is 71.9 cm³/mol. The van der Waals surface area contributed by atoms with E-state index in [1.807, 2.05) is 0 Å². The van der Waals surface area contributed by atoms with Crippen LogP contribution in [-0.2, 0) is 10.3 Å². The van der Waals surface area contributed by atoms with Gasteiger partial charge in [-0.05, 0) is 44.9 Å². The summed E-state index contributed by atoms with van der Waals surface area (Å²) >= 11 is 0. The number of urea groups is 1. The van der Waals surface area contributed by atoms with E-state index in [1.165, 1.54) is 24.0 Å². The lowest BCUT2D eigenvalue weighted by Gasteiger charge is -2.19. The van der Waals surface area contributed by atoms with Gasteiger partial charge in [0.05, 0.1) is 6.26 Å². The van der Waals surface area contributed by atoms with Crippen LogP contribution in [0.4, 0.5) is 4.79 Å². The molecule has 3 rings (SSSR count). The second kappa shape index (κ2) is 4.94. The largest absolute Gasteiger partial charge is 0.466 e. The number of rotatable bonds is 6. The topological polar surface area (TPSA) is 74.6 Å². The smallest absolute Gasteiger partial charge is 0.325 e. The Balaban J connectivity index is 1.61. The van der Waals surface area contributed by atoms with Gasteiger partial charge in [-0.2, -0.15) is 0 Å². The van der Waals surface area contributed by atoms with Crippen molar-refractivity contribution in [2.24, 2.45) is 0 Å². The first-order valence-electron chi connectivity index (χ1n) is 7.03. The SMILES string of the molecule is CC1(c2ccco2)NC(=O)N(CCCNC2CC2)C1=O. The van der Waals surface area contributed by atoms with Crippen molar-refractivity contribution in [1.29, 1.82) is 0 Å². The van der Waals surface area contributed by atoms with Gasteiger partial charge in [0.1, 0.15) is 5.76 Å². The first-order chi connectivity index (χ1) is 9.61. The quantitative estimate of drug-likeness (QED) is 0.605. The van der Waals surface area contributed by atoms with Crippen molar-refractivity contribution in [3.05, 3.63) is 24.2 Å². The van der Waals surface area contributed by atoms with Crippen LogP contribution < -0.4 is 10.6 Å². The molecule has 0 spiro atoms. The third-order valence-electron chi connectivity index (χ3n) is 3.86. The number of hydrogen-bond acceptors (Lipinski definition) is 4. The average molecular weight is 277 g/mol. The monoisotopic (exact) mass is 277 g/mol. The van der Waals surface area contributed by atoms with E-state index in [0.29, 0.717) is 18.3 Å². The summed E-state index contributed by atoms with van der Waals surface area (Å²) in [5.74, 6) is 0.221. The summed E-state index contributed by atoms with van der Waals surface area (Å²) in [6.45, 7) is 2.94. The minimum absolute atomic E-state index is 0.246. The molecule has 1 saturated carbocycles. The number of imide groups is 1. The van der Waals surface area contributed by atoms with Crippen LogP contribution in [0.1, 0.15) is 31.9 Å². The van der Waals surface area contributed by atoms with Crippen molar-refractivity contribution in [3.63, 3.8) is 0 Å². The van der Waals surface area contributed by atoms with E-state index < -0.39 is 5.54 Å². The molecule has 6 heteroatoms. The molecule has 1 saturated heterocycles. The Morgan fingerprint density at radius 3 is 2.95 bits per heavy atom. The number of nitrogens with zero attached hydrogens (tertiary/aromatic N) is 1. The van der Waals surface area contributed by atoms with Crippen molar-refractivity contribution in [2.75, 3.05) is 13.1 Å². The van der Waals surface area contributed by atoms with Crippen LogP contribution in [0.5, 0.6) is 0 Å². The standard InChI is InChI=1S/C14H19N3O3/c1-14(11-4-2-9-20-11)12(18)17(13(19)16-14)8-3-7-15-10-5-6-10/h2,4,9-10,15H,3,5-8H2,1H3,(H,16,19). The summed E-state index contributed by atoms with van der Waals surface area (Å²) in [5.41, 5.74) is -1.08. The lowest BCUT2D eigenvalue weighted by molar-refractivity contribution is -0.131. The second-order valence-electron chi connectivity index (χ2n) is 5.57. The third-order valence-corrected chi connectivity index (χ3v) is 3.86. The molecule has 1 aromatic heterocycles. The van der Waals surface area contributed by atoms with Crippen molar-refractivity contribution in [1.82, 2.24) is 15.5 Å². The Hall–Kier alpha value is -1.82. The average Bonchev–Trinajstić information content (AvgIpc) is 3.01. The molecule has 2 aliphatic rings. The summed E-state index contributed by atoms with van der Waals surface area (Å²) in [6.07, 6.45) is 4.74. The fourth-order valence-electron chi connectivity index (χ4n) is 2.46. The zero-order valence-electron chi connectivity index (χ0n) is 11.5. The molecule has 2 fully saturated rings. The van der Waals surface area contributed by atoms with Gasteiger partial charge in [-0.1, -0.05) is 0 Å². The summed E-state index contributed by atoms with van der Waals surface area (Å²) in [4.78, 5) is 25.7. The second-order valence-corrected chi connectivity index (χ2v) is 5.57. The number of hydrogen-bond donors (Lipinski definition) is 2. The van der Waals surface area contributed by atoms with Crippen molar-refractivity contribution >= 4 is 11.9 Å². The molecule has 1 aromatic rings. The van der Waals surface area contributed by atoms with Gasteiger partial charge in [0.15, 0.2) is 5.54 Å². The lowest BCUT2D eigenvalue weighted by Crippen LogP contribution is -2.40. The number of nitrogens with one attached hydrogen (secondary N) is 2. The zero-order chi connectivity index (χ0) is 14.2. The van der Waals surface area contributed by atoms with Crippen LogP contribution >= 0.6 is 0 Å². The van der Waals surface area contributed by atoms with E-state index in [9.17, 15) is 9.59 Å². The molecule has 6 nitrogen and oxygen atoms in total. The molecule has 2 N–H and O–H groups in total. The molecular weight excluding hydrogens is 258 g/mol. The highest BCUT2D eigenvalue weighted by atomic mass is 16.3. The van der Waals surface area contributed by atoms with Crippen LogP contribution in [-0.4, -0.2) is 36.0 Å². The molecule has 1 unspecified atom stereocenters. The normalized spacial score (nSPS) is 26.1. The maximum atomic E-state index is 12.4. The van der Waals surface area contributed by atoms with Crippen LogP contribution in [0.25, 0.3) is 0 Å². The van der Waals surface area contributed by atoms with Gasteiger partial charge in [0.2, 0.25) is 0 Å². The summed E-state index contributed by atoms with van der Waals surface area (Å²) in [6, 6.07) is 3.71. The summed E-state index contributed by atoms with van der Waals surface area (Å²) in [7, 11) is 0. The maximum absolute atomic E-state index is 12.4. The molecular formula is C14H19N3O3. The number of carbonyl (C=O) groups is 2. The lowest BCUT2D eigenvalue weighted by atomic mass is 9.99. The van der Waals surface area contributed by atoms with Crippen molar-refractivity contribution in [3.8, 4) is 0 Å².